The molecule has 3 fully saturated rings. The summed E-state index contributed by atoms with van der Waals surface area (Å²) in [5.74, 6) is 2.24. The molecular formula is C29H38N2O5. The summed E-state index contributed by atoms with van der Waals surface area (Å²) < 4.78 is 0. The van der Waals surface area contributed by atoms with Crippen molar-refractivity contribution in [2.45, 2.75) is 58.1 Å². The summed E-state index contributed by atoms with van der Waals surface area (Å²) >= 11 is 0. The van der Waals surface area contributed by atoms with Crippen molar-refractivity contribution in [2.24, 2.45) is 47.3 Å². The first-order valence-electron chi connectivity index (χ1n) is 13.6. The minimum atomic E-state index is -1.16. The van der Waals surface area contributed by atoms with Gasteiger partial charge in [0.1, 0.15) is 17.4 Å². The van der Waals surface area contributed by atoms with E-state index in [0.717, 1.165) is 18.8 Å². The molecule has 0 spiro atoms. The summed E-state index contributed by atoms with van der Waals surface area (Å²) in [5, 5.41) is 26.4. The van der Waals surface area contributed by atoms with Gasteiger partial charge in [0.25, 0.3) is 5.91 Å². The maximum Gasteiger partial charge on any atom is 0.259 e. The molecule has 5 aliphatic rings. The van der Waals surface area contributed by atoms with Crippen LogP contribution in [0.15, 0.2) is 47.8 Å². The summed E-state index contributed by atoms with van der Waals surface area (Å²) in [6.45, 7) is 4.85. The van der Waals surface area contributed by atoms with Crippen molar-refractivity contribution in [3.05, 3.63) is 47.8 Å². The van der Waals surface area contributed by atoms with Crippen molar-refractivity contribution >= 4 is 17.6 Å². The van der Waals surface area contributed by atoms with Gasteiger partial charge in [-0.2, -0.15) is 0 Å². The summed E-state index contributed by atoms with van der Waals surface area (Å²) in [7, 11) is 0. The monoisotopic (exact) mass is 494 g/mol. The van der Waals surface area contributed by atoms with Gasteiger partial charge in [0.15, 0.2) is 5.78 Å². The summed E-state index contributed by atoms with van der Waals surface area (Å²) in [4.78, 5) is 37.7. The molecular weight excluding hydrogens is 456 g/mol. The summed E-state index contributed by atoms with van der Waals surface area (Å²) in [5.41, 5.74) is -0.298. The van der Waals surface area contributed by atoms with E-state index in [1.807, 2.05) is 12.2 Å². The zero-order valence-corrected chi connectivity index (χ0v) is 21.1. The van der Waals surface area contributed by atoms with E-state index < -0.39 is 23.8 Å². The van der Waals surface area contributed by atoms with E-state index in [0.29, 0.717) is 29.6 Å². The number of amides is 2. The second-order valence-corrected chi connectivity index (χ2v) is 11.4. The Morgan fingerprint density at radius 1 is 1.00 bits per heavy atom. The van der Waals surface area contributed by atoms with E-state index in [-0.39, 0.29) is 42.0 Å². The first kappa shape index (κ1) is 25.0. The number of hydrogen-bond acceptors (Lipinski definition) is 5. The standard InChI is InChI=1S/C29H38N2O5/c1-3-17-15(2)13-21-19(17)8-9-20-18-5-4-6-25(34)30-12-11-24(33)27-28(35)26(29(36)31-27)23(32)10-7-16(18)14-22(20)21/h4,6-10,15-22,24,27,32-33H,3,5,11-14H2,1-2H3,(H,30,34)(H,31,36). The molecule has 36 heavy (non-hydrogen) atoms. The minimum Gasteiger partial charge on any atom is -0.507 e. The third-order valence-electron chi connectivity index (χ3n) is 9.63. The third-order valence-corrected chi connectivity index (χ3v) is 9.63. The van der Waals surface area contributed by atoms with Crippen LogP contribution < -0.4 is 10.6 Å². The lowest BCUT2D eigenvalue weighted by Crippen LogP contribution is -2.42. The van der Waals surface area contributed by atoms with Crippen molar-refractivity contribution < 1.29 is 24.6 Å². The van der Waals surface area contributed by atoms with Gasteiger partial charge in [0.05, 0.1) is 6.10 Å². The topological polar surface area (TPSA) is 116 Å². The number of carbonyl (C=O) groups is 3. The first-order chi connectivity index (χ1) is 17.3. The van der Waals surface area contributed by atoms with Gasteiger partial charge in [-0.3, -0.25) is 14.4 Å². The first-order valence-corrected chi connectivity index (χ1v) is 13.6. The molecule has 4 N–H and O–H groups in total. The molecule has 0 aromatic carbocycles. The maximum absolute atomic E-state index is 12.8. The van der Waals surface area contributed by atoms with E-state index in [4.69, 9.17) is 0 Å². The molecule has 10 unspecified atom stereocenters. The van der Waals surface area contributed by atoms with Gasteiger partial charge in [-0.15, -0.1) is 0 Å². The average molecular weight is 495 g/mol. The van der Waals surface area contributed by atoms with Gasteiger partial charge in [-0.1, -0.05) is 44.6 Å². The summed E-state index contributed by atoms with van der Waals surface area (Å²) in [6.07, 6.45) is 14.9. The van der Waals surface area contributed by atoms with Crippen LogP contribution >= 0.6 is 0 Å². The fraction of sp³-hybridized carbons (Fsp3) is 0.621. The molecule has 2 amide bonds. The number of hydrogen-bond donors (Lipinski definition) is 4. The fourth-order valence-corrected chi connectivity index (χ4v) is 7.94. The average Bonchev–Trinajstić information content (AvgIpc) is 3.46. The van der Waals surface area contributed by atoms with E-state index in [1.165, 1.54) is 18.9 Å². The molecule has 1 saturated heterocycles. The highest BCUT2D eigenvalue weighted by molar-refractivity contribution is 6.27. The van der Waals surface area contributed by atoms with Gasteiger partial charge < -0.3 is 20.8 Å². The van der Waals surface area contributed by atoms with E-state index in [1.54, 1.807) is 6.08 Å². The molecule has 2 heterocycles. The van der Waals surface area contributed by atoms with Crippen LogP contribution in [0.3, 0.4) is 0 Å². The largest absolute Gasteiger partial charge is 0.507 e. The number of fused-ring (bicyclic) bond motifs is 7. The molecule has 0 aromatic rings. The molecule has 2 saturated carbocycles. The van der Waals surface area contributed by atoms with Gasteiger partial charge >= 0.3 is 0 Å². The van der Waals surface area contributed by atoms with Crippen LogP contribution in [0.25, 0.3) is 0 Å². The number of aliphatic hydroxyl groups excluding tert-OH is 2. The molecule has 10 atom stereocenters. The summed E-state index contributed by atoms with van der Waals surface area (Å²) in [6, 6.07) is -1.12. The highest BCUT2D eigenvalue weighted by atomic mass is 16.3. The van der Waals surface area contributed by atoms with Crippen LogP contribution in [0.1, 0.15) is 46.0 Å². The lowest BCUT2D eigenvalue weighted by molar-refractivity contribution is -0.118. The van der Waals surface area contributed by atoms with Crippen molar-refractivity contribution in [1.82, 2.24) is 10.6 Å². The van der Waals surface area contributed by atoms with Crippen LogP contribution in [-0.2, 0) is 14.4 Å². The van der Waals surface area contributed by atoms with E-state index in [9.17, 15) is 24.6 Å². The minimum absolute atomic E-state index is 0.110. The molecule has 7 nitrogen and oxygen atoms in total. The maximum atomic E-state index is 12.8. The molecule has 2 aliphatic heterocycles. The number of ketones is 1. The lowest BCUT2D eigenvalue weighted by Gasteiger charge is -2.35. The molecule has 0 aromatic heterocycles. The quantitative estimate of drug-likeness (QED) is 0.330. The zero-order chi connectivity index (χ0) is 25.6. The number of nitrogens with one attached hydrogen (secondary N) is 2. The number of allylic oxidation sites excluding steroid dienone is 5. The Balaban J connectivity index is 1.47. The second-order valence-electron chi connectivity index (χ2n) is 11.4. The number of rotatable bonds is 1. The molecule has 7 heteroatoms. The van der Waals surface area contributed by atoms with Crippen molar-refractivity contribution in [1.29, 1.82) is 0 Å². The SMILES string of the molecule is CCC1C(C)CC2C1C=CC1C3CC=CC(=O)NCCC(O)C4NC(=O)C(=C(O)C=CC3CC12)C4=O. The second kappa shape index (κ2) is 10.0. The third kappa shape index (κ3) is 4.36. The van der Waals surface area contributed by atoms with Crippen LogP contribution in [0.2, 0.25) is 0 Å². The van der Waals surface area contributed by atoms with Crippen LogP contribution in [0, 0.1) is 47.3 Å². The highest BCUT2D eigenvalue weighted by Gasteiger charge is 2.52. The normalized spacial score (nSPS) is 42.7. The number of carbonyl (C=O) groups excluding carboxylic acids is 3. The van der Waals surface area contributed by atoms with Gasteiger partial charge in [-0.25, -0.2) is 0 Å². The fourth-order valence-electron chi connectivity index (χ4n) is 7.94. The van der Waals surface area contributed by atoms with Gasteiger partial charge in [0.2, 0.25) is 5.91 Å². The van der Waals surface area contributed by atoms with Crippen molar-refractivity contribution in [2.75, 3.05) is 6.54 Å². The molecule has 2 bridgehead atoms. The van der Waals surface area contributed by atoms with E-state index in [2.05, 4.69) is 36.6 Å². The Hall–Kier alpha value is -2.67. The van der Waals surface area contributed by atoms with Crippen LogP contribution in [0.5, 0.6) is 0 Å². The number of aliphatic hydroxyl groups is 2. The van der Waals surface area contributed by atoms with Crippen molar-refractivity contribution in [3.8, 4) is 0 Å². The Morgan fingerprint density at radius 2 is 1.75 bits per heavy atom. The van der Waals surface area contributed by atoms with Crippen molar-refractivity contribution in [3.63, 3.8) is 0 Å². The molecule has 3 aliphatic carbocycles. The Labute approximate surface area is 212 Å². The van der Waals surface area contributed by atoms with E-state index >= 15 is 0 Å². The predicted molar refractivity (Wildman–Crippen MR) is 135 cm³/mol. The molecule has 5 rings (SSSR count). The van der Waals surface area contributed by atoms with Crippen LogP contribution in [0.4, 0.5) is 0 Å². The molecule has 194 valence electrons. The Kier molecular flexibility index (Phi) is 6.95. The number of Topliss-reactive ketones (excluding diaryl/α,β-unsaturated/α-hetero) is 1. The predicted octanol–water partition coefficient (Wildman–Crippen LogP) is 2.99. The zero-order valence-electron chi connectivity index (χ0n) is 21.1. The highest BCUT2D eigenvalue weighted by Crippen LogP contribution is 2.59. The van der Waals surface area contributed by atoms with Crippen LogP contribution in [-0.4, -0.2) is 46.5 Å². The Bertz CT molecular complexity index is 1040. The lowest BCUT2D eigenvalue weighted by atomic mass is 9.69. The van der Waals surface area contributed by atoms with Gasteiger partial charge in [0, 0.05) is 6.54 Å². The van der Waals surface area contributed by atoms with Gasteiger partial charge in [-0.05, 0) is 85.2 Å². The smallest absolute Gasteiger partial charge is 0.259 e. The Morgan fingerprint density at radius 3 is 2.53 bits per heavy atom. The molecule has 0 radical (unpaired) electrons.